The van der Waals surface area contributed by atoms with Crippen molar-refractivity contribution in [2.75, 3.05) is 6.54 Å². The van der Waals surface area contributed by atoms with Gasteiger partial charge in [-0.05, 0) is 37.4 Å². The maximum Gasteiger partial charge on any atom is 0.129 e. The normalized spacial score (nSPS) is 19.1. The zero-order valence-corrected chi connectivity index (χ0v) is 13.2. The van der Waals surface area contributed by atoms with Crippen molar-refractivity contribution in [3.8, 4) is 0 Å². The van der Waals surface area contributed by atoms with Gasteiger partial charge in [-0.1, -0.05) is 54.6 Å². The predicted molar refractivity (Wildman–Crippen MR) is 81.7 cm³/mol. The average Bonchev–Trinajstić information content (AvgIpc) is 2.65. The zero-order chi connectivity index (χ0) is 13.7. The molecule has 3 heteroatoms. The molecule has 1 aliphatic rings. The molecule has 1 saturated carbocycles. The third-order valence-corrected chi connectivity index (χ3v) is 4.59. The number of halogens is 2. The summed E-state index contributed by atoms with van der Waals surface area (Å²) in [6, 6.07) is 5.61. The van der Waals surface area contributed by atoms with E-state index in [1.165, 1.54) is 38.5 Å². The Morgan fingerprint density at radius 1 is 1.26 bits per heavy atom. The Morgan fingerprint density at radius 3 is 2.53 bits per heavy atom. The van der Waals surface area contributed by atoms with Gasteiger partial charge in [0.15, 0.2) is 0 Å². The first-order chi connectivity index (χ1) is 9.22. The van der Waals surface area contributed by atoms with Crippen molar-refractivity contribution in [1.82, 2.24) is 5.32 Å². The number of nitrogens with one attached hydrogen (secondary N) is 1. The minimum atomic E-state index is -0.0930. The Balaban J connectivity index is 2.22. The van der Waals surface area contributed by atoms with E-state index in [-0.39, 0.29) is 11.9 Å². The van der Waals surface area contributed by atoms with E-state index in [1.807, 2.05) is 12.1 Å². The Labute approximate surface area is 124 Å². The summed E-state index contributed by atoms with van der Waals surface area (Å²) in [5.74, 6) is 0.475. The molecule has 19 heavy (non-hydrogen) atoms. The lowest BCUT2D eigenvalue weighted by Gasteiger charge is -2.28. The molecule has 0 aliphatic heterocycles. The molecule has 1 aromatic rings. The number of hydrogen-bond donors (Lipinski definition) is 1. The first-order valence-electron chi connectivity index (χ1n) is 7.40. The van der Waals surface area contributed by atoms with Crippen LogP contribution in [-0.4, -0.2) is 6.54 Å². The van der Waals surface area contributed by atoms with E-state index in [2.05, 4.69) is 28.2 Å². The van der Waals surface area contributed by atoms with Crippen LogP contribution in [0.5, 0.6) is 0 Å². The van der Waals surface area contributed by atoms with Gasteiger partial charge in [-0.15, -0.1) is 0 Å². The Bertz CT molecular complexity index is 400. The van der Waals surface area contributed by atoms with Gasteiger partial charge in [-0.3, -0.25) is 0 Å². The molecular formula is C16H23BrFN. The van der Waals surface area contributed by atoms with Crippen LogP contribution < -0.4 is 5.32 Å². The van der Waals surface area contributed by atoms with Crippen molar-refractivity contribution in [1.29, 1.82) is 0 Å². The first kappa shape index (κ1) is 15.0. The maximum absolute atomic E-state index is 14.2. The molecule has 0 heterocycles. The highest BCUT2D eigenvalue weighted by Gasteiger charge is 2.25. The standard InChI is InChI=1S/C16H23BrFN/c1-2-19-16(12-7-5-3-4-6-8-12)14-10-9-13(17)11-15(14)18/h9-12,16,19H,2-8H2,1H3. The van der Waals surface area contributed by atoms with Gasteiger partial charge in [0.1, 0.15) is 5.82 Å². The summed E-state index contributed by atoms with van der Waals surface area (Å²) in [6.07, 6.45) is 7.66. The minimum Gasteiger partial charge on any atom is -0.310 e. The maximum atomic E-state index is 14.2. The lowest BCUT2D eigenvalue weighted by atomic mass is 9.87. The molecule has 1 unspecified atom stereocenters. The van der Waals surface area contributed by atoms with Crippen LogP contribution in [0.3, 0.4) is 0 Å². The van der Waals surface area contributed by atoms with E-state index >= 15 is 0 Å². The highest BCUT2D eigenvalue weighted by molar-refractivity contribution is 9.10. The van der Waals surface area contributed by atoms with E-state index in [1.54, 1.807) is 6.07 Å². The highest BCUT2D eigenvalue weighted by atomic mass is 79.9. The zero-order valence-electron chi connectivity index (χ0n) is 11.6. The molecule has 1 aromatic carbocycles. The molecule has 1 N–H and O–H groups in total. The molecule has 1 fully saturated rings. The fourth-order valence-electron chi connectivity index (χ4n) is 3.15. The van der Waals surface area contributed by atoms with Crippen molar-refractivity contribution < 1.29 is 4.39 Å². The van der Waals surface area contributed by atoms with Crippen molar-refractivity contribution >= 4 is 15.9 Å². The summed E-state index contributed by atoms with van der Waals surface area (Å²) in [7, 11) is 0. The largest absolute Gasteiger partial charge is 0.310 e. The van der Waals surface area contributed by atoms with Crippen molar-refractivity contribution in [2.24, 2.45) is 5.92 Å². The second-order valence-electron chi connectivity index (χ2n) is 5.45. The number of rotatable bonds is 4. The smallest absolute Gasteiger partial charge is 0.129 e. The highest BCUT2D eigenvalue weighted by Crippen LogP contribution is 2.35. The lowest BCUT2D eigenvalue weighted by molar-refractivity contribution is 0.322. The first-order valence-corrected chi connectivity index (χ1v) is 8.20. The second-order valence-corrected chi connectivity index (χ2v) is 6.37. The third kappa shape index (κ3) is 4.03. The molecule has 2 rings (SSSR count). The molecule has 0 bridgehead atoms. The number of benzene rings is 1. The summed E-state index contributed by atoms with van der Waals surface area (Å²) in [5.41, 5.74) is 0.831. The topological polar surface area (TPSA) is 12.0 Å². The van der Waals surface area contributed by atoms with E-state index in [4.69, 9.17) is 0 Å². The summed E-state index contributed by atoms with van der Waals surface area (Å²) < 4.78 is 15.0. The lowest BCUT2D eigenvalue weighted by Crippen LogP contribution is -2.29. The van der Waals surface area contributed by atoms with Crippen molar-refractivity contribution in [3.05, 3.63) is 34.1 Å². The van der Waals surface area contributed by atoms with Gasteiger partial charge >= 0.3 is 0 Å². The molecular weight excluding hydrogens is 305 g/mol. The van der Waals surface area contributed by atoms with Gasteiger partial charge in [0.25, 0.3) is 0 Å². The Hall–Kier alpha value is -0.410. The van der Waals surface area contributed by atoms with Crippen LogP contribution in [0, 0.1) is 11.7 Å². The Morgan fingerprint density at radius 2 is 1.95 bits per heavy atom. The van der Waals surface area contributed by atoms with Gasteiger partial charge in [0, 0.05) is 16.1 Å². The van der Waals surface area contributed by atoms with E-state index < -0.39 is 0 Å². The SMILES string of the molecule is CCNC(c1ccc(Br)cc1F)C1CCCCCC1. The molecule has 0 saturated heterocycles. The number of hydrogen-bond acceptors (Lipinski definition) is 1. The second kappa shape index (κ2) is 7.39. The average molecular weight is 328 g/mol. The molecule has 106 valence electrons. The van der Waals surface area contributed by atoms with Gasteiger partial charge in [0.05, 0.1) is 0 Å². The van der Waals surface area contributed by atoms with Gasteiger partial charge in [-0.25, -0.2) is 4.39 Å². The minimum absolute atomic E-state index is 0.0930. The molecule has 1 nitrogen and oxygen atoms in total. The molecule has 1 aliphatic carbocycles. The summed E-state index contributed by atoms with van der Waals surface area (Å²) in [6.45, 7) is 2.98. The summed E-state index contributed by atoms with van der Waals surface area (Å²) in [5, 5.41) is 3.50. The molecule has 1 atom stereocenters. The van der Waals surface area contributed by atoms with E-state index in [9.17, 15) is 4.39 Å². The van der Waals surface area contributed by atoms with Gasteiger partial charge in [0.2, 0.25) is 0 Å². The molecule has 0 radical (unpaired) electrons. The fraction of sp³-hybridized carbons (Fsp3) is 0.625. The third-order valence-electron chi connectivity index (χ3n) is 4.09. The fourth-order valence-corrected chi connectivity index (χ4v) is 3.48. The monoisotopic (exact) mass is 327 g/mol. The van der Waals surface area contributed by atoms with Crippen LogP contribution in [0.4, 0.5) is 4.39 Å². The Kier molecular flexibility index (Phi) is 5.83. The van der Waals surface area contributed by atoms with Crippen LogP contribution in [-0.2, 0) is 0 Å². The van der Waals surface area contributed by atoms with E-state index in [0.29, 0.717) is 5.92 Å². The van der Waals surface area contributed by atoms with Crippen molar-refractivity contribution in [2.45, 2.75) is 51.5 Å². The molecule has 0 amide bonds. The van der Waals surface area contributed by atoms with Crippen LogP contribution >= 0.6 is 15.9 Å². The van der Waals surface area contributed by atoms with Crippen LogP contribution in [0.1, 0.15) is 57.1 Å². The van der Waals surface area contributed by atoms with Crippen LogP contribution in [0.25, 0.3) is 0 Å². The van der Waals surface area contributed by atoms with E-state index in [0.717, 1.165) is 16.6 Å². The predicted octanol–water partition coefficient (Wildman–Crippen LogP) is 5.21. The summed E-state index contributed by atoms with van der Waals surface area (Å²) in [4.78, 5) is 0. The van der Waals surface area contributed by atoms with Gasteiger partial charge < -0.3 is 5.32 Å². The van der Waals surface area contributed by atoms with Gasteiger partial charge in [-0.2, -0.15) is 0 Å². The van der Waals surface area contributed by atoms with Crippen molar-refractivity contribution in [3.63, 3.8) is 0 Å². The molecule has 0 aromatic heterocycles. The quantitative estimate of drug-likeness (QED) is 0.748. The summed E-state index contributed by atoms with van der Waals surface area (Å²) >= 11 is 3.33. The van der Waals surface area contributed by atoms with Crippen LogP contribution in [0.2, 0.25) is 0 Å². The molecule has 0 spiro atoms. The van der Waals surface area contributed by atoms with Crippen LogP contribution in [0.15, 0.2) is 22.7 Å².